The van der Waals surface area contributed by atoms with Crippen molar-refractivity contribution >= 4 is 11.4 Å². The predicted molar refractivity (Wildman–Crippen MR) is 75.1 cm³/mol. The smallest absolute Gasteiger partial charge is 0.255 e. The SMILES string of the molecule is NC[C@@H]1CCCCN1C(=O)c1cc2ccccn2c1. The highest BCUT2D eigenvalue weighted by Gasteiger charge is 2.26. The second-order valence-electron chi connectivity index (χ2n) is 5.15. The van der Waals surface area contributed by atoms with E-state index in [1.807, 2.05) is 46.0 Å². The lowest BCUT2D eigenvalue weighted by Crippen LogP contribution is -2.47. The monoisotopic (exact) mass is 257 g/mol. The molecule has 2 aromatic heterocycles. The van der Waals surface area contributed by atoms with Crippen molar-refractivity contribution in [2.45, 2.75) is 25.3 Å². The first kappa shape index (κ1) is 12.2. The van der Waals surface area contributed by atoms with Gasteiger partial charge in [-0.1, -0.05) is 6.07 Å². The van der Waals surface area contributed by atoms with Crippen molar-refractivity contribution in [3.63, 3.8) is 0 Å². The molecule has 2 N–H and O–H groups in total. The molecule has 3 heterocycles. The number of piperidine rings is 1. The Morgan fingerprint density at radius 3 is 3.05 bits per heavy atom. The van der Waals surface area contributed by atoms with Gasteiger partial charge in [-0.05, 0) is 37.5 Å². The number of nitrogens with two attached hydrogens (primary N) is 1. The molecule has 1 aliphatic heterocycles. The first-order valence-electron chi connectivity index (χ1n) is 6.87. The Morgan fingerprint density at radius 2 is 2.26 bits per heavy atom. The number of hydrogen-bond acceptors (Lipinski definition) is 2. The van der Waals surface area contributed by atoms with E-state index in [1.165, 1.54) is 6.42 Å². The summed E-state index contributed by atoms with van der Waals surface area (Å²) in [5.74, 6) is 0.110. The van der Waals surface area contributed by atoms with Crippen molar-refractivity contribution in [2.75, 3.05) is 13.1 Å². The van der Waals surface area contributed by atoms with E-state index in [2.05, 4.69) is 0 Å². The Hall–Kier alpha value is -1.81. The number of aromatic nitrogens is 1. The highest BCUT2D eigenvalue weighted by molar-refractivity contribution is 5.96. The predicted octanol–water partition coefficient (Wildman–Crippen LogP) is 1.89. The van der Waals surface area contributed by atoms with Crippen LogP contribution in [0.3, 0.4) is 0 Å². The average Bonchev–Trinajstić information content (AvgIpc) is 2.90. The van der Waals surface area contributed by atoms with Crippen molar-refractivity contribution < 1.29 is 4.79 Å². The molecule has 1 fully saturated rings. The molecule has 1 aliphatic rings. The van der Waals surface area contributed by atoms with Crippen molar-refractivity contribution in [3.05, 3.63) is 42.2 Å². The summed E-state index contributed by atoms with van der Waals surface area (Å²) in [4.78, 5) is 14.5. The fraction of sp³-hybridized carbons (Fsp3) is 0.400. The van der Waals surface area contributed by atoms with Crippen molar-refractivity contribution in [2.24, 2.45) is 5.73 Å². The minimum Gasteiger partial charge on any atom is -0.334 e. The highest BCUT2D eigenvalue weighted by Crippen LogP contribution is 2.20. The number of rotatable bonds is 2. The van der Waals surface area contributed by atoms with Crippen LogP contribution in [-0.4, -0.2) is 34.3 Å². The zero-order chi connectivity index (χ0) is 13.2. The van der Waals surface area contributed by atoms with E-state index in [-0.39, 0.29) is 11.9 Å². The standard InChI is InChI=1S/C15H19N3O/c16-10-14-6-2-4-8-18(14)15(19)12-9-13-5-1-3-7-17(13)11-12/h1,3,5,7,9,11,14H,2,4,6,8,10,16H2/t14-/m0/s1. The van der Waals surface area contributed by atoms with Crippen molar-refractivity contribution in [1.82, 2.24) is 9.30 Å². The van der Waals surface area contributed by atoms with Gasteiger partial charge in [0.05, 0.1) is 5.56 Å². The molecule has 0 aliphatic carbocycles. The van der Waals surface area contributed by atoms with Gasteiger partial charge in [0.1, 0.15) is 0 Å². The van der Waals surface area contributed by atoms with Gasteiger partial charge >= 0.3 is 0 Å². The maximum atomic E-state index is 12.6. The third kappa shape index (κ3) is 2.24. The maximum absolute atomic E-state index is 12.6. The molecule has 1 saturated heterocycles. The molecule has 0 aromatic carbocycles. The van der Waals surface area contributed by atoms with Gasteiger partial charge in [0.2, 0.25) is 0 Å². The van der Waals surface area contributed by atoms with Crippen LogP contribution in [0.1, 0.15) is 29.6 Å². The average molecular weight is 257 g/mol. The Morgan fingerprint density at radius 1 is 1.37 bits per heavy atom. The van der Waals surface area contributed by atoms with Gasteiger partial charge < -0.3 is 15.0 Å². The lowest BCUT2D eigenvalue weighted by molar-refractivity contribution is 0.0623. The molecule has 4 heteroatoms. The molecule has 1 atom stereocenters. The molecule has 2 aromatic rings. The Balaban J connectivity index is 1.89. The summed E-state index contributed by atoms with van der Waals surface area (Å²) in [5, 5.41) is 0. The summed E-state index contributed by atoms with van der Waals surface area (Å²) in [5.41, 5.74) is 7.59. The Labute approximate surface area is 112 Å². The first-order valence-corrected chi connectivity index (χ1v) is 6.87. The summed E-state index contributed by atoms with van der Waals surface area (Å²) < 4.78 is 1.98. The molecular formula is C15H19N3O. The van der Waals surface area contributed by atoms with Crippen LogP contribution in [0.2, 0.25) is 0 Å². The quantitative estimate of drug-likeness (QED) is 0.893. The van der Waals surface area contributed by atoms with E-state index in [0.717, 1.165) is 30.5 Å². The number of fused-ring (bicyclic) bond motifs is 1. The maximum Gasteiger partial charge on any atom is 0.255 e. The van der Waals surface area contributed by atoms with E-state index < -0.39 is 0 Å². The zero-order valence-corrected chi connectivity index (χ0v) is 11.0. The molecule has 1 amide bonds. The number of pyridine rings is 1. The lowest BCUT2D eigenvalue weighted by atomic mass is 10.0. The summed E-state index contributed by atoms with van der Waals surface area (Å²) in [6.07, 6.45) is 7.14. The van der Waals surface area contributed by atoms with E-state index in [4.69, 9.17) is 5.73 Å². The van der Waals surface area contributed by atoms with Gasteiger partial charge in [-0.2, -0.15) is 0 Å². The minimum absolute atomic E-state index is 0.110. The molecule has 4 nitrogen and oxygen atoms in total. The fourth-order valence-electron chi connectivity index (χ4n) is 2.85. The lowest BCUT2D eigenvalue weighted by Gasteiger charge is -2.34. The van der Waals surface area contributed by atoms with Crippen LogP contribution in [0, 0.1) is 0 Å². The highest BCUT2D eigenvalue weighted by atomic mass is 16.2. The second-order valence-corrected chi connectivity index (χ2v) is 5.15. The summed E-state index contributed by atoms with van der Waals surface area (Å²) >= 11 is 0. The van der Waals surface area contributed by atoms with Crippen LogP contribution < -0.4 is 5.73 Å². The Bertz CT molecular complexity index is 557. The molecule has 0 saturated carbocycles. The van der Waals surface area contributed by atoms with Crippen LogP contribution >= 0.6 is 0 Å². The molecule has 0 bridgehead atoms. The summed E-state index contributed by atoms with van der Waals surface area (Å²) in [7, 11) is 0. The molecular weight excluding hydrogens is 238 g/mol. The van der Waals surface area contributed by atoms with Crippen molar-refractivity contribution in [3.8, 4) is 0 Å². The van der Waals surface area contributed by atoms with Gasteiger partial charge in [0.25, 0.3) is 5.91 Å². The van der Waals surface area contributed by atoms with Crippen LogP contribution in [-0.2, 0) is 0 Å². The molecule has 0 spiro atoms. The second kappa shape index (κ2) is 5.05. The van der Waals surface area contributed by atoms with E-state index in [9.17, 15) is 4.79 Å². The molecule has 0 radical (unpaired) electrons. The number of hydrogen-bond donors (Lipinski definition) is 1. The Kier molecular flexibility index (Phi) is 3.25. The van der Waals surface area contributed by atoms with Gasteiger partial charge in [-0.3, -0.25) is 4.79 Å². The van der Waals surface area contributed by atoms with E-state index >= 15 is 0 Å². The van der Waals surface area contributed by atoms with Crippen LogP contribution in [0.15, 0.2) is 36.7 Å². The number of carbonyl (C=O) groups excluding carboxylic acids is 1. The van der Waals surface area contributed by atoms with E-state index in [0.29, 0.717) is 6.54 Å². The molecule has 100 valence electrons. The van der Waals surface area contributed by atoms with Gasteiger partial charge in [-0.15, -0.1) is 0 Å². The van der Waals surface area contributed by atoms with Gasteiger partial charge in [0.15, 0.2) is 0 Å². The van der Waals surface area contributed by atoms with Crippen molar-refractivity contribution in [1.29, 1.82) is 0 Å². The third-order valence-corrected chi connectivity index (χ3v) is 3.91. The topological polar surface area (TPSA) is 50.7 Å². The normalized spacial score (nSPS) is 19.8. The van der Waals surface area contributed by atoms with Crippen LogP contribution in [0.4, 0.5) is 0 Å². The molecule has 0 unspecified atom stereocenters. The van der Waals surface area contributed by atoms with Gasteiger partial charge in [-0.25, -0.2) is 0 Å². The summed E-state index contributed by atoms with van der Waals surface area (Å²) in [6, 6.07) is 8.10. The molecule has 3 rings (SSSR count). The fourth-order valence-corrected chi connectivity index (χ4v) is 2.85. The minimum atomic E-state index is 0.110. The first-order chi connectivity index (χ1) is 9.29. The molecule has 19 heavy (non-hydrogen) atoms. The largest absolute Gasteiger partial charge is 0.334 e. The number of amides is 1. The number of nitrogens with zero attached hydrogens (tertiary/aromatic N) is 2. The van der Waals surface area contributed by atoms with Crippen LogP contribution in [0.5, 0.6) is 0 Å². The zero-order valence-electron chi connectivity index (χ0n) is 11.0. The third-order valence-electron chi connectivity index (χ3n) is 3.91. The van der Waals surface area contributed by atoms with Gasteiger partial charge in [0, 0.05) is 37.0 Å². The van der Waals surface area contributed by atoms with Crippen LogP contribution in [0.25, 0.3) is 5.52 Å². The van der Waals surface area contributed by atoms with E-state index in [1.54, 1.807) is 0 Å². The number of carbonyl (C=O) groups is 1. The summed E-state index contributed by atoms with van der Waals surface area (Å²) in [6.45, 7) is 1.38. The number of likely N-dealkylation sites (tertiary alicyclic amines) is 1.